The van der Waals surface area contributed by atoms with Crippen LogP contribution in [0.3, 0.4) is 0 Å². The van der Waals surface area contributed by atoms with Gasteiger partial charge in [-0.3, -0.25) is 0 Å². The van der Waals surface area contributed by atoms with Crippen molar-refractivity contribution in [3.63, 3.8) is 0 Å². The van der Waals surface area contributed by atoms with Crippen LogP contribution < -0.4 is 4.72 Å². The van der Waals surface area contributed by atoms with Crippen LogP contribution in [-0.4, -0.2) is 38.7 Å². The van der Waals surface area contributed by atoms with Gasteiger partial charge in [0.25, 0.3) is 0 Å². The van der Waals surface area contributed by atoms with Crippen molar-refractivity contribution in [2.24, 2.45) is 0 Å². The second-order valence-electron chi connectivity index (χ2n) is 4.59. The summed E-state index contributed by atoms with van der Waals surface area (Å²) >= 11 is 0.894. The van der Waals surface area contributed by atoms with E-state index in [4.69, 9.17) is 9.84 Å². The summed E-state index contributed by atoms with van der Waals surface area (Å²) < 4.78 is 31.9. The van der Waals surface area contributed by atoms with Crippen molar-refractivity contribution >= 4 is 27.3 Å². The van der Waals surface area contributed by atoms with E-state index in [1.54, 1.807) is 0 Å². The molecule has 1 fully saturated rings. The van der Waals surface area contributed by atoms with Crippen LogP contribution in [0.1, 0.15) is 35.4 Å². The van der Waals surface area contributed by atoms with E-state index in [2.05, 4.69) is 4.72 Å². The van der Waals surface area contributed by atoms with E-state index in [-0.39, 0.29) is 22.4 Å². The molecule has 2 N–H and O–H groups in total. The Hall–Kier alpha value is -0.960. The highest BCUT2D eigenvalue weighted by atomic mass is 32.2. The Morgan fingerprint density at radius 3 is 2.80 bits per heavy atom. The number of nitrogens with one attached hydrogen (secondary N) is 1. The van der Waals surface area contributed by atoms with Gasteiger partial charge in [-0.1, -0.05) is 12.8 Å². The van der Waals surface area contributed by atoms with Crippen molar-refractivity contribution in [1.29, 1.82) is 0 Å². The smallest absolute Gasteiger partial charge is 0.347 e. The maximum atomic E-state index is 12.0. The first-order valence-corrected chi connectivity index (χ1v) is 8.79. The molecule has 0 radical (unpaired) electrons. The molecule has 0 amide bonds. The molecule has 0 unspecified atom stereocenters. The number of carbonyl (C=O) groups is 1. The standard InChI is InChI=1S/C12H17NO5S2/c14-12(15)11-10(5-8-19-11)20(16,17)13-6-7-18-9-3-1-2-4-9/h5,8-9,13H,1-4,6-7H2,(H,14,15). The van der Waals surface area contributed by atoms with Crippen molar-refractivity contribution in [3.05, 3.63) is 16.3 Å². The Morgan fingerprint density at radius 2 is 2.15 bits per heavy atom. The molecule has 0 aliphatic heterocycles. The van der Waals surface area contributed by atoms with Crippen LogP contribution in [0.25, 0.3) is 0 Å². The van der Waals surface area contributed by atoms with Gasteiger partial charge in [0.15, 0.2) is 0 Å². The van der Waals surface area contributed by atoms with Gasteiger partial charge in [0, 0.05) is 6.54 Å². The molecule has 6 nitrogen and oxygen atoms in total. The third kappa shape index (κ3) is 3.78. The van der Waals surface area contributed by atoms with Gasteiger partial charge in [-0.15, -0.1) is 11.3 Å². The van der Waals surface area contributed by atoms with Crippen LogP contribution in [-0.2, 0) is 14.8 Å². The summed E-state index contributed by atoms with van der Waals surface area (Å²) in [6, 6.07) is 1.30. The fraction of sp³-hybridized carbons (Fsp3) is 0.583. The Balaban J connectivity index is 1.87. The summed E-state index contributed by atoms with van der Waals surface area (Å²) in [7, 11) is -3.79. The first-order valence-electron chi connectivity index (χ1n) is 6.43. The molecule has 0 spiro atoms. The second kappa shape index (κ2) is 6.66. The molecule has 0 bridgehead atoms. The van der Waals surface area contributed by atoms with Crippen LogP contribution in [0.5, 0.6) is 0 Å². The summed E-state index contributed by atoms with van der Waals surface area (Å²) in [4.78, 5) is 10.6. The predicted octanol–water partition coefficient (Wildman–Crippen LogP) is 1.68. The lowest BCUT2D eigenvalue weighted by Gasteiger charge is -2.11. The zero-order chi connectivity index (χ0) is 14.6. The minimum Gasteiger partial charge on any atom is -0.477 e. The van der Waals surface area contributed by atoms with Crippen LogP contribution in [0, 0.1) is 0 Å². The highest BCUT2D eigenvalue weighted by molar-refractivity contribution is 7.89. The summed E-state index contributed by atoms with van der Waals surface area (Å²) in [5, 5.41) is 10.4. The van der Waals surface area contributed by atoms with Gasteiger partial charge in [0.1, 0.15) is 9.77 Å². The summed E-state index contributed by atoms with van der Waals surface area (Å²) in [6.07, 6.45) is 4.61. The average Bonchev–Trinajstić information content (AvgIpc) is 3.05. The maximum Gasteiger partial charge on any atom is 0.347 e. The van der Waals surface area contributed by atoms with Gasteiger partial charge in [0.05, 0.1) is 12.7 Å². The van der Waals surface area contributed by atoms with Gasteiger partial charge >= 0.3 is 5.97 Å². The molecule has 1 aromatic heterocycles. The molecule has 2 rings (SSSR count). The molecule has 112 valence electrons. The van der Waals surface area contributed by atoms with E-state index >= 15 is 0 Å². The zero-order valence-corrected chi connectivity index (χ0v) is 12.5. The molecule has 0 saturated heterocycles. The maximum absolute atomic E-state index is 12.0. The Labute approximate surface area is 121 Å². The topological polar surface area (TPSA) is 92.7 Å². The van der Waals surface area contributed by atoms with Gasteiger partial charge in [-0.05, 0) is 24.3 Å². The molecule has 8 heteroatoms. The fourth-order valence-electron chi connectivity index (χ4n) is 2.20. The Kier molecular flexibility index (Phi) is 5.14. The van der Waals surface area contributed by atoms with Crippen LogP contribution in [0.4, 0.5) is 0 Å². The normalized spacial score (nSPS) is 16.6. The molecule has 1 aliphatic carbocycles. The average molecular weight is 319 g/mol. The quantitative estimate of drug-likeness (QED) is 0.746. The SMILES string of the molecule is O=C(O)c1sccc1S(=O)(=O)NCCOC1CCCC1. The number of hydrogen-bond acceptors (Lipinski definition) is 5. The van der Waals surface area contributed by atoms with Gasteiger partial charge in [0.2, 0.25) is 10.0 Å². The van der Waals surface area contributed by atoms with Gasteiger partial charge in [-0.2, -0.15) is 0 Å². The van der Waals surface area contributed by atoms with E-state index in [1.165, 1.54) is 11.4 Å². The molecule has 1 aliphatic rings. The van der Waals surface area contributed by atoms with Crippen LogP contribution in [0.2, 0.25) is 0 Å². The third-order valence-electron chi connectivity index (χ3n) is 3.16. The third-order valence-corrected chi connectivity index (χ3v) is 5.70. The summed E-state index contributed by atoms with van der Waals surface area (Å²) in [5.74, 6) is -1.23. The lowest BCUT2D eigenvalue weighted by molar-refractivity contribution is 0.0626. The largest absolute Gasteiger partial charge is 0.477 e. The molecular formula is C12H17NO5S2. The highest BCUT2D eigenvalue weighted by Gasteiger charge is 2.23. The first kappa shape index (κ1) is 15.4. The first-order chi connectivity index (χ1) is 9.50. The molecule has 0 aromatic carbocycles. The monoisotopic (exact) mass is 319 g/mol. The number of hydrogen-bond donors (Lipinski definition) is 2. The fourth-order valence-corrected chi connectivity index (χ4v) is 4.47. The summed E-state index contributed by atoms with van der Waals surface area (Å²) in [6.45, 7) is 0.449. The Bertz CT molecular complexity index is 560. The van der Waals surface area contributed by atoms with Gasteiger partial charge < -0.3 is 9.84 Å². The number of rotatable bonds is 7. The number of thiophene rings is 1. The zero-order valence-electron chi connectivity index (χ0n) is 10.9. The van der Waals surface area contributed by atoms with Crippen molar-refractivity contribution in [2.75, 3.05) is 13.2 Å². The highest BCUT2D eigenvalue weighted by Crippen LogP contribution is 2.22. The van der Waals surface area contributed by atoms with Crippen molar-refractivity contribution in [3.8, 4) is 0 Å². The van der Waals surface area contributed by atoms with Gasteiger partial charge in [-0.25, -0.2) is 17.9 Å². The number of carboxylic acids is 1. The Morgan fingerprint density at radius 1 is 1.45 bits per heavy atom. The van der Waals surface area contributed by atoms with E-state index in [0.29, 0.717) is 6.61 Å². The molecule has 0 atom stereocenters. The van der Waals surface area contributed by atoms with Crippen molar-refractivity contribution < 1.29 is 23.1 Å². The number of aromatic carboxylic acids is 1. The number of carboxylic acid groups (broad SMARTS) is 1. The van der Waals surface area contributed by atoms with Crippen molar-refractivity contribution in [2.45, 2.75) is 36.7 Å². The lowest BCUT2D eigenvalue weighted by atomic mass is 10.3. The van der Waals surface area contributed by atoms with Crippen LogP contribution in [0.15, 0.2) is 16.3 Å². The molecule has 1 aromatic rings. The minimum absolute atomic E-state index is 0.147. The predicted molar refractivity (Wildman–Crippen MR) is 74.7 cm³/mol. The molecule has 1 saturated carbocycles. The summed E-state index contributed by atoms with van der Waals surface area (Å²) in [5.41, 5.74) is 0. The second-order valence-corrected chi connectivity index (χ2v) is 7.25. The lowest BCUT2D eigenvalue weighted by Crippen LogP contribution is -2.29. The van der Waals surface area contributed by atoms with E-state index < -0.39 is 16.0 Å². The van der Waals surface area contributed by atoms with E-state index in [9.17, 15) is 13.2 Å². The minimum atomic E-state index is -3.79. The van der Waals surface area contributed by atoms with Crippen LogP contribution >= 0.6 is 11.3 Å². The van der Waals surface area contributed by atoms with E-state index in [0.717, 1.165) is 37.0 Å². The number of sulfonamides is 1. The molecule has 20 heavy (non-hydrogen) atoms. The van der Waals surface area contributed by atoms with E-state index in [1.807, 2.05) is 0 Å². The molecular weight excluding hydrogens is 302 g/mol. The van der Waals surface area contributed by atoms with Crippen molar-refractivity contribution in [1.82, 2.24) is 4.72 Å². The molecule has 1 heterocycles. The number of ether oxygens (including phenoxy) is 1.